The quantitative estimate of drug-likeness (QED) is 0.835. The Labute approximate surface area is 113 Å². The first kappa shape index (κ1) is 13.7. The van der Waals surface area contributed by atoms with E-state index in [4.69, 9.17) is 4.74 Å². The van der Waals surface area contributed by atoms with E-state index in [1.54, 1.807) is 18.2 Å². The minimum Gasteiger partial charge on any atom is -0.507 e. The van der Waals surface area contributed by atoms with Crippen LogP contribution in [0.3, 0.4) is 0 Å². The first-order valence-electron chi connectivity index (χ1n) is 6.79. The summed E-state index contributed by atoms with van der Waals surface area (Å²) in [6.45, 7) is 5.70. The lowest BCUT2D eigenvalue weighted by Gasteiger charge is -2.27. The molecule has 102 valence electrons. The second kappa shape index (κ2) is 5.47. The van der Waals surface area contributed by atoms with Crippen LogP contribution in [0.2, 0.25) is 0 Å². The molecule has 0 atom stereocenters. The monoisotopic (exact) mass is 260 g/mol. The minimum absolute atomic E-state index is 0.0418. The predicted molar refractivity (Wildman–Crippen MR) is 75.1 cm³/mol. The number of benzene rings is 1. The molecule has 0 spiro atoms. The Bertz CT molecular complexity index is 485. The predicted octanol–water partition coefficient (Wildman–Crippen LogP) is 3.91. The summed E-state index contributed by atoms with van der Waals surface area (Å²) in [4.78, 5) is 12.2. The number of phenols is 1. The van der Waals surface area contributed by atoms with Gasteiger partial charge in [0.15, 0.2) is 0 Å². The van der Waals surface area contributed by atoms with Crippen LogP contribution in [0.15, 0.2) is 24.8 Å². The smallest absolute Gasteiger partial charge is 0.342 e. The van der Waals surface area contributed by atoms with E-state index in [1.165, 1.54) is 6.07 Å². The molecule has 0 amide bonds. The zero-order chi connectivity index (χ0) is 13.9. The van der Waals surface area contributed by atoms with E-state index in [0.29, 0.717) is 0 Å². The maximum absolute atomic E-state index is 12.2. The van der Waals surface area contributed by atoms with E-state index in [2.05, 4.69) is 6.58 Å². The van der Waals surface area contributed by atoms with E-state index < -0.39 is 5.97 Å². The molecular weight excluding hydrogens is 240 g/mol. The van der Waals surface area contributed by atoms with Crippen molar-refractivity contribution in [3.8, 4) is 5.75 Å². The molecule has 19 heavy (non-hydrogen) atoms. The Balaban J connectivity index is 2.22. The number of rotatable bonds is 4. The summed E-state index contributed by atoms with van der Waals surface area (Å²) in [7, 11) is 0. The summed E-state index contributed by atoms with van der Waals surface area (Å²) in [5, 5.41) is 9.80. The molecule has 0 aliphatic heterocycles. The Kier molecular flexibility index (Phi) is 3.93. The number of hydrogen-bond acceptors (Lipinski definition) is 3. The van der Waals surface area contributed by atoms with Gasteiger partial charge in [0.2, 0.25) is 0 Å². The molecule has 0 bridgehead atoms. The third kappa shape index (κ3) is 2.80. The van der Waals surface area contributed by atoms with Gasteiger partial charge in [-0.2, -0.15) is 0 Å². The van der Waals surface area contributed by atoms with Gasteiger partial charge in [-0.3, -0.25) is 0 Å². The van der Waals surface area contributed by atoms with Crippen LogP contribution in [0.25, 0.3) is 6.08 Å². The molecule has 1 aromatic rings. The lowest BCUT2D eigenvalue weighted by Crippen LogP contribution is -2.31. The van der Waals surface area contributed by atoms with Crippen LogP contribution in [0.4, 0.5) is 0 Å². The molecule has 0 aromatic heterocycles. The minimum atomic E-state index is -0.440. The van der Waals surface area contributed by atoms with Gasteiger partial charge in [-0.1, -0.05) is 25.6 Å². The number of carbonyl (C=O) groups is 1. The largest absolute Gasteiger partial charge is 0.507 e. The van der Waals surface area contributed by atoms with Crippen LogP contribution in [-0.2, 0) is 4.74 Å². The van der Waals surface area contributed by atoms with Gasteiger partial charge in [0.25, 0.3) is 0 Å². The molecule has 2 rings (SSSR count). The third-order valence-corrected chi connectivity index (χ3v) is 3.94. The number of esters is 1. The van der Waals surface area contributed by atoms with Crippen LogP contribution < -0.4 is 0 Å². The molecule has 3 nitrogen and oxygen atoms in total. The Hall–Kier alpha value is -1.77. The van der Waals surface area contributed by atoms with E-state index in [1.807, 2.05) is 6.92 Å². The first-order valence-corrected chi connectivity index (χ1v) is 6.79. The number of hydrogen-bond donors (Lipinski definition) is 1. The molecule has 0 radical (unpaired) electrons. The molecule has 0 heterocycles. The molecule has 1 saturated carbocycles. The standard InChI is InChI=1S/C16H20O3/c1-3-12-7-8-14(17)13(11-12)15(18)19-16(4-2)9-5-6-10-16/h3,7-8,11,17H,1,4-6,9-10H2,2H3. The summed E-state index contributed by atoms with van der Waals surface area (Å²) in [6.07, 6.45) is 6.48. The summed E-state index contributed by atoms with van der Waals surface area (Å²) in [5.74, 6) is -0.482. The van der Waals surface area contributed by atoms with Crippen LogP contribution in [-0.4, -0.2) is 16.7 Å². The van der Waals surface area contributed by atoms with Crippen LogP contribution >= 0.6 is 0 Å². The Morgan fingerprint density at radius 3 is 2.74 bits per heavy atom. The second-order valence-electron chi connectivity index (χ2n) is 5.11. The van der Waals surface area contributed by atoms with Crippen LogP contribution in [0.5, 0.6) is 5.75 Å². The van der Waals surface area contributed by atoms with E-state index in [0.717, 1.165) is 37.7 Å². The molecule has 1 aliphatic carbocycles. The fraction of sp³-hybridized carbons (Fsp3) is 0.438. The fourth-order valence-corrected chi connectivity index (χ4v) is 2.64. The van der Waals surface area contributed by atoms with Crippen molar-refractivity contribution >= 4 is 12.0 Å². The van der Waals surface area contributed by atoms with Gasteiger partial charge in [-0.05, 0) is 49.8 Å². The topological polar surface area (TPSA) is 46.5 Å². The summed E-state index contributed by atoms with van der Waals surface area (Å²) >= 11 is 0. The van der Waals surface area contributed by atoms with Crippen molar-refractivity contribution in [2.45, 2.75) is 44.6 Å². The van der Waals surface area contributed by atoms with Gasteiger partial charge in [0.1, 0.15) is 16.9 Å². The second-order valence-corrected chi connectivity index (χ2v) is 5.11. The molecule has 0 unspecified atom stereocenters. The normalized spacial score (nSPS) is 17.1. The van der Waals surface area contributed by atoms with Gasteiger partial charge in [0.05, 0.1) is 0 Å². The summed E-state index contributed by atoms with van der Waals surface area (Å²) in [5.41, 5.74) is 0.673. The van der Waals surface area contributed by atoms with Gasteiger partial charge in [-0.25, -0.2) is 4.79 Å². The zero-order valence-electron chi connectivity index (χ0n) is 11.3. The maximum Gasteiger partial charge on any atom is 0.342 e. The average molecular weight is 260 g/mol. The molecule has 1 aliphatic rings. The van der Waals surface area contributed by atoms with E-state index >= 15 is 0 Å². The summed E-state index contributed by atoms with van der Waals surface area (Å²) in [6, 6.07) is 4.83. The molecular formula is C16H20O3. The number of ether oxygens (including phenoxy) is 1. The van der Waals surface area contributed by atoms with Crippen molar-refractivity contribution in [1.82, 2.24) is 0 Å². The lowest BCUT2D eigenvalue weighted by atomic mass is 9.98. The molecule has 1 N–H and O–H groups in total. The SMILES string of the molecule is C=Cc1ccc(O)c(C(=O)OC2(CC)CCCC2)c1. The molecule has 1 fully saturated rings. The van der Waals surface area contributed by atoms with Crippen LogP contribution in [0, 0.1) is 0 Å². The highest BCUT2D eigenvalue weighted by atomic mass is 16.6. The van der Waals surface area contributed by atoms with Gasteiger partial charge in [-0.15, -0.1) is 0 Å². The van der Waals surface area contributed by atoms with Crippen molar-refractivity contribution in [3.63, 3.8) is 0 Å². The maximum atomic E-state index is 12.2. The average Bonchev–Trinajstić information content (AvgIpc) is 2.88. The number of phenolic OH excluding ortho intramolecular Hbond substituents is 1. The highest BCUT2D eigenvalue weighted by Gasteiger charge is 2.36. The van der Waals surface area contributed by atoms with Crippen LogP contribution in [0.1, 0.15) is 54.9 Å². The van der Waals surface area contributed by atoms with Gasteiger partial charge < -0.3 is 9.84 Å². The fourth-order valence-electron chi connectivity index (χ4n) is 2.64. The summed E-state index contributed by atoms with van der Waals surface area (Å²) < 4.78 is 5.68. The highest BCUT2D eigenvalue weighted by Crippen LogP contribution is 2.37. The number of carbonyl (C=O) groups excluding carboxylic acids is 1. The van der Waals surface area contributed by atoms with Crippen molar-refractivity contribution in [2.75, 3.05) is 0 Å². The van der Waals surface area contributed by atoms with Crippen molar-refractivity contribution in [3.05, 3.63) is 35.9 Å². The number of aromatic hydroxyl groups is 1. The highest BCUT2D eigenvalue weighted by molar-refractivity contribution is 5.93. The molecule has 0 saturated heterocycles. The Morgan fingerprint density at radius 2 is 2.16 bits per heavy atom. The zero-order valence-corrected chi connectivity index (χ0v) is 11.3. The third-order valence-electron chi connectivity index (χ3n) is 3.94. The van der Waals surface area contributed by atoms with E-state index in [-0.39, 0.29) is 16.9 Å². The first-order chi connectivity index (χ1) is 9.10. The lowest BCUT2D eigenvalue weighted by molar-refractivity contribution is -0.0174. The van der Waals surface area contributed by atoms with E-state index in [9.17, 15) is 9.90 Å². The van der Waals surface area contributed by atoms with Crippen molar-refractivity contribution < 1.29 is 14.6 Å². The van der Waals surface area contributed by atoms with Gasteiger partial charge in [0, 0.05) is 0 Å². The molecule has 1 aromatic carbocycles. The Morgan fingerprint density at radius 1 is 1.47 bits per heavy atom. The molecule has 3 heteroatoms. The van der Waals surface area contributed by atoms with Crippen molar-refractivity contribution in [1.29, 1.82) is 0 Å². The van der Waals surface area contributed by atoms with Crippen molar-refractivity contribution in [2.24, 2.45) is 0 Å². The van der Waals surface area contributed by atoms with Gasteiger partial charge >= 0.3 is 5.97 Å².